The van der Waals surface area contributed by atoms with Crippen molar-refractivity contribution in [2.45, 2.75) is 19.8 Å². The maximum atomic E-state index is 5.30. The van der Waals surface area contributed by atoms with Gasteiger partial charge in [0.2, 0.25) is 5.89 Å². The van der Waals surface area contributed by atoms with Crippen molar-refractivity contribution in [3.05, 3.63) is 22.5 Å². The van der Waals surface area contributed by atoms with Crippen molar-refractivity contribution in [3.63, 3.8) is 0 Å². The standard InChI is InChI=1S/C9H12N4OS/c1-2-7-12-13-9(14-7)11-4-3-8-10-5-6-15-8/h5-6H,2-4H2,1H3,(H,11,13). The largest absolute Gasteiger partial charge is 0.408 e. The van der Waals surface area contributed by atoms with Crippen LogP contribution in [0.1, 0.15) is 17.8 Å². The lowest BCUT2D eigenvalue weighted by atomic mass is 10.4. The Labute approximate surface area is 91.6 Å². The van der Waals surface area contributed by atoms with E-state index in [0.717, 1.165) is 24.4 Å². The van der Waals surface area contributed by atoms with Gasteiger partial charge in [0, 0.05) is 31.0 Å². The molecule has 0 radical (unpaired) electrons. The van der Waals surface area contributed by atoms with Gasteiger partial charge in [-0.3, -0.25) is 0 Å². The first-order valence-electron chi connectivity index (χ1n) is 4.83. The molecule has 0 saturated heterocycles. The summed E-state index contributed by atoms with van der Waals surface area (Å²) >= 11 is 1.65. The molecule has 0 amide bonds. The van der Waals surface area contributed by atoms with Crippen LogP contribution < -0.4 is 5.32 Å². The van der Waals surface area contributed by atoms with Crippen LogP contribution in [-0.2, 0) is 12.8 Å². The van der Waals surface area contributed by atoms with E-state index in [9.17, 15) is 0 Å². The molecular formula is C9H12N4OS. The van der Waals surface area contributed by atoms with E-state index in [1.165, 1.54) is 0 Å². The van der Waals surface area contributed by atoms with E-state index in [1.807, 2.05) is 18.5 Å². The molecule has 0 spiro atoms. The zero-order valence-electron chi connectivity index (χ0n) is 8.43. The van der Waals surface area contributed by atoms with Gasteiger partial charge < -0.3 is 9.73 Å². The molecular weight excluding hydrogens is 212 g/mol. The van der Waals surface area contributed by atoms with Crippen molar-refractivity contribution in [2.75, 3.05) is 11.9 Å². The second-order valence-corrected chi connectivity index (χ2v) is 3.94. The minimum absolute atomic E-state index is 0.489. The predicted octanol–water partition coefficient (Wildman–Crippen LogP) is 1.74. The first-order chi connectivity index (χ1) is 7.38. The molecule has 2 heterocycles. The third kappa shape index (κ3) is 2.76. The Morgan fingerprint density at radius 1 is 1.47 bits per heavy atom. The van der Waals surface area contributed by atoms with Crippen molar-refractivity contribution in [3.8, 4) is 0 Å². The molecule has 0 saturated carbocycles. The molecule has 5 nitrogen and oxygen atoms in total. The second-order valence-electron chi connectivity index (χ2n) is 2.96. The summed E-state index contributed by atoms with van der Waals surface area (Å²) in [5, 5.41) is 13.9. The summed E-state index contributed by atoms with van der Waals surface area (Å²) in [5.41, 5.74) is 0. The van der Waals surface area contributed by atoms with Crippen molar-refractivity contribution in [1.82, 2.24) is 15.2 Å². The van der Waals surface area contributed by atoms with Crippen LogP contribution in [-0.4, -0.2) is 21.7 Å². The highest BCUT2D eigenvalue weighted by atomic mass is 32.1. The van der Waals surface area contributed by atoms with Gasteiger partial charge in [0.1, 0.15) is 0 Å². The van der Waals surface area contributed by atoms with Crippen molar-refractivity contribution >= 4 is 17.4 Å². The van der Waals surface area contributed by atoms with E-state index in [1.54, 1.807) is 11.3 Å². The topological polar surface area (TPSA) is 63.8 Å². The van der Waals surface area contributed by atoms with Gasteiger partial charge in [0.25, 0.3) is 0 Å². The van der Waals surface area contributed by atoms with E-state index in [-0.39, 0.29) is 0 Å². The summed E-state index contributed by atoms with van der Waals surface area (Å²) in [6.45, 7) is 2.74. The fourth-order valence-electron chi connectivity index (χ4n) is 1.12. The Morgan fingerprint density at radius 2 is 2.40 bits per heavy atom. The maximum Gasteiger partial charge on any atom is 0.315 e. The fourth-order valence-corrected chi connectivity index (χ4v) is 1.74. The molecule has 0 aliphatic carbocycles. The number of rotatable bonds is 5. The van der Waals surface area contributed by atoms with E-state index in [0.29, 0.717) is 11.9 Å². The van der Waals surface area contributed by atoms with Gasteiger partial charge in [-0.1, -0.05) is 12.0 Å². The van der Waals surface area contributed by atoms with Crippen LogP contribution >= 0.6 is 11.3 Å². The van der Waals surface area contributed by atoms with E-state index >= 15 is 0 Å². The van der Waals surface area contributed by atoms with Gasteiger partial charge in [0.15, 0.2) is 0 Å². The van der Waals surface area contributed by atoms with E-state index < -0.39 is 0 Å². The molecule has 80 valence electrons. The summed E-state index contributed by atoms with van der Waals surface area (Å²) < 4.78 is 5.30. The molecule has 0 aromatic carbocycles. The van der Waals surface area contributed by atoms with Gasteiger partial charge in [-0.25, -0.2) is 4.98 Å². The zero-order valence-corrected chi connectivity index (χ0v) is 9.25. The second kappa shape index (κ2) is 4.88. The number of hydrogen-bond acceptors (Lipinski definition) is 6. The van der Waals surface area contributed by atoms with Gasteiger partial charge in [0.05, 0.1) is 5.01 Å². The molecule has 0 fully saturated rings. The monoisotopic (exact) mass is 224 g/mol. The van der Waals surface area contributed by atoms with Crippen LogP contribution in [0.15, 0.2) is 16.0 Å². The van der Waals surface area contributed by atoms with Crippen LogP contribution in [0.4, 0.5) is 6.01 Å². The Bertz CT molecular complexity index is 398. The number of aryl methyl sites for hydroxylation is 1. The molecule has 0 unspecified atom stereocenters. The molecule has 2 aromatic rings. The van der Waals surface area contributed by atoms with Crippen LogP contribution in [0.3, 0.4) is 0 Å². The van der Waals surface area contributed by atoms with E-state index in [4.69, 9.17) is 4.42 Å². The molecule has 15 heavy (non-hydrogen) atoms. The third-order valence-electron chi connectivity index (χ3n) is 1.87. The smallest absolute Gasteiger partial charge is 0.315 e. The summed E-state index contributed by atoms with van der Waals surface area (Å²) in [5.74, 6) is 0.659. The molecule has 0 aliphatic heterocycles. The number of aromatic nitrogens is 3. The molecule has 2 aromatic heterocycles. The number of hydrogen-bond donors (Lipinski definition) is 1. The normalized spacial score (nSPS) is 10.5. The minimum atomic E-state index is 0.489. The highest BCUT2D eigenvalue weighted by Crippen LogP contribution is 2.07. The number of nitrogens with one attached hydrogen (secondary N) is 1. The predicted molar refractivity (Wildman–Crippen MR) is 58.0 cm³/mol. The highest BCUT2D eigenvalue weighted by molar-refractivity contribution is 7.09. The van der Waals surface area contributed by atoms with Crippen LogP contribution in [0.5, 0.6) is 0 Å². The van der Waals surface area contributed by atoms with Crippen molar-refractivity contribution < 1.29 is 4.42 Å². The van der Waals surface area contributed by atoms with Gasteiger partial charge in [-0.15, -0.1) is 16.4 Å². The van der Waals surface area contributed by atoms with Gasteiger partial charge >= 0.3 is 6.01 Å². The van der Waals surface area contributed by atoms with E-state index in [2.05, 4.69) is 20.5 Å². The SMILES string of the molecule is CCc1nnc(NCCc2nccs2)o1. The molecule has 0 atom stereocenters. The van der Waals surface area contributed by atoms with Crippen molar-refractivity contribution in [1.29, 1.82) is 0 Å². The Hall–Kier alpha value is -1.43. The lowest BCUT2D eigenvalue weighted by Gasteiger charge is -1.97. The lowest BCUT2D eigenvalue weighted by Crippen LogP contribution is -2.04. The number of nitrogens with zero attached hydrogens (tertiary/aromatic N) is 3. The summed E-state index contributed by atoms with van der Waals surface area (Å²) in [7, 11) is 0. The van der Waals surface area contributed by atoms with Gasteiger partial charge in [-0.2, -0.15) is 0 Å². The molecule has 2 rings (SSSR count). The maximum absolute atomic E-state index is 5.30. The Morgan fingerprint density at radius 3 is 3.07 bits per heavy atom. The first kappa shape index (κ1) is 10.1. The molecule has 6 heteroatoms. The lowest BCUT2D eigenvalue weighted by molar-refractivity contribution is 0.511. The zero-order chi connectivity index (χ0) is 10.5. The minimum Gasteiger partial charge on any atom is -0.408 e. The Balaban J connectivity index is 1.78. The third-order valence-corrected chi connectivity index (χ3v) is 2.71. The number of thiazole rings is 1. The average molecular weight is 224 g/mol. The van der Waals surface area contributed by atoms with Gasteiger partial charge in [-0.05, 0) is 0 Å². The molecule has 0 aliphatic rings. The van der Waals surface area contributed by atoms with Crippen LogP contribution in [0, 0.1) is 0 Å². The van der Waals surface area contributed by atoms with Crippen LogP contribution in [0.2, 0.25) is 0 Å². The Kier molecular flexibility index (Phi) is 3.29. The number of anilines is 1. The molecule has 1 N–H and O–H groups in total. The summed E-state index contributed by atoms with van der Waals surface area (Å²) in [6, 6.07) is 0.489. The average Bonchev–Trinajstić information content (AvgIpc) is 2.88. The fraction of sp³-hybridized carbons (Fsp3) is 0.444. The quantitative estimate of drug-likeness (QED) is 0.838. The first-order valence-corrected chi connectivity index (χ1v) is 5.71. The summed E-state index contributed by atoms with van der Waals surface area (Å²) in [4.78, 5) is 4.18. The summed E-state index contributed by atoms with van der Waals surface area (Å²) in [6.07, 6.45) is 3.45. The van der Waals surface area contributed by atoms with Crippen LogP contribution in [0.25, 0.3) is 0 Å². The van der Waals surface area contributed by atoms with Crippen molar-refractivity contribution in [2.24, 2.45) is 0 Å². The molecule has 0 bridgehead atoms. The highest BCUT2D eigenvalue weighted by Gasteiger charge is 2.03.